The predicted octanol–water partition coefficient (Wildman–Crippen LogP) is 2.66. The Balaban J connectivity index is 2.69. The molecule has 0 aliphatic heterocycles. The van der Waals surface area contributed by atoms with E-state index >= 15 is 0 Å². The molecule has 0 heterocycles. The number of halogens is 1. The number of carboxylic acids is 1. The highest BCUT2D eigenvalue weighted by Gasteiger charge is 2.19. The van der Waals surface area contributed by atoms with Gasteiger partial charge < -0.3 is 10.4 Å². The number of hydrogen-bond acceptors (Lipinski definition) is 2. The van der Waals surface area contributed by atoms with Gasteiger partial charge in [0.2, 0.25) is 0 Å². The molecule has 18 heavy (non-hydrogen) atoms. The van der Waals surface area contributed by atoms with Crippen LogP contribution in [0.15, 0.2) is 24.3 Å². The number of hydrogen-bond donors (Lipinski definition) is 2. The van der Waals surface area contributed by atoms with Crippen molar-refractivity contribution >= 4 is 34.5 Å². The first-order valence-corrected chi connectivity index (χ1v) is 6.91. The molecule has 1 rings (SSSR count). The molecule has 0 saturated heterocycles. The smallest absolute Gasteiger partial charge is 0.326 e. The number of benzene rings is 1. The van der Waals surface area contributed by atoms with Crippen molar-refractivity contribution in [3.8, 4) is 0 Å². The van der Waals surface area contributed by atoms with Gasteiger partial charge in [0.05, 0.1) is 0 Å². The van der Waals surface area contributed by atoms with Crippen molar-refractivity contribution in [2.75, 3.05) is 0 Å². The molecule has 1 atom stereocenters. The Hall–Kier alpha value is -1.11. The minimum atomic E-state index is -0.984. The quantitative estimate of drug-likeness (QED) is 0.766. The van der Waals surface area contributed by atoms with Crippen molar-refractivity contribution in [3.05, 3.63) is 33.4 Å². The fraction of sp³-hybridized carbons (Fsp3) is 0.385. The zero-order valence-electron chi connectivity index (χ0n) is 10.1. The lowest BCUT2D eigenvalue weighted by Gasteiger charge is -2.14. The van der Waals surface area contributed by atoms with Gasteiger partial charge in [-0.2, -0.15) is 0 Å². The van der Waals surface area contributed by atoms with E-state index < -0.39 is 12.0 Å². The van der Waals surface area contributed by atoms with Gasteiger partial charge in [-0.1, -0.05) is 25.8 Å². The number of nitrogens with one attached hydrogen (secondary N) is 1. The van der Waals surface area contributed by atoms with Crippen molar-refractivity contribution in [1.29, 1.82) is 0 Å². The summed E-state index contributed by atoms with van der Waals surface area (Å²) in [5, 5.41) is 11.6. The van der Waals surface area contributed by atoms with Crippen LogP contribution in [-0.4, -0.2) is 23.0 Å². The van der Waals surface area contributed by atoms with Gasteiger partial charge in [-0.3, -0.25) is 4.79 Å². The van der Waals surface area contributed by atoms with Gasteiger partial charge in [-0.15, -0.1) is 0 Å². The van der Waals surface area contributed by atoms with Crippen molar-refractivity contribution in [2.24, 2.45) is 0 Å². The number of rotatable bonds is 6. The van der Waals surface area contributed by atoms with E-state index in [-0.39, 0.29) is 5.91 Å². The Morgan fingerprint density at radius 2 is 2.17 bits per heavy atom. The second-order valence-corrected chi connectivity index (χ2v) is 5.26. The molecule has 5 heteroatoms. The third kappa shape index (κ3) is 4.64. The van der Waals surface area contributed by atoms with Crippen molar-refractivity contribution < 1.29 is 14.7 Å². The fourth-order valence-electron chi connectivity index (χ4n) is 1.54. The lowest BCUT2D eigenvalue weighted by molar-refractivity contribution is -0.139. The largest absolute Gasteiger partial charge is 0.480 e. The summed E-state index contributed by atoms with van der Waals surface area (Å²) in [5.74, 6) is -1.32. The van der Waals surface area contributed by atoms with E-state index in [1.807, 2.05) is 13.0 Å². The summed E-state index contributed by atoms with van der Waals surface area (Å²) in [5.41, 5.74) is 0.490. The van der Waals surface area contributed by atoms with Crippen molar-refractivity contribution in [2.45, 2.75) is 32.2 Å². The second-order valence-electron chi connectivity index (χ2n) is 4.02. The Morgan fingerprint density at radius 1 is 1.44 bits per heavy atom. The van der Waals surface area contributed by atoms with Crippen molar-refractivity contribution in [1.82, 2.24) is 5.32 Å². The topological polar surface area (TPSA) is 66.4 Å². The zero-order chi connectivity index (χ0) is 13.5. The summed E-state index contributed by atoms with van der Waals surface area (Å²) in [7, 11) is 0. The molecule has 0 radical (unpaired) electrons. The van der Waals surface area contributed by atoms with Crippen LogP contribution in [0.4, 0.5) is 0 Å². The van der Waals surface area contributed by atoms with E-state index in [4.69, 9.17) is 5.11 Å². The Kier molecular flexibility index (Phi) is 6.11. The number of unbranched alkanes of at least 4 members (excludes halogenated alkanes) is 1. The normalized spacial score (nSPS) is 11.9. The summed E-state index contributed by atoms with van der Waals surface area (Å²) in [6.07, 6.45) is 2.15. The third-order valence-corrected chi connectivity index (χ3v) is 3.21. The highest BCUT2D eigenvalue weighted by atomic mass is 127. The molecule has 0 spiro atoms. The summed E-state index contributed by atoms with van der Waals surface area (Å²) >= 11 is 2.11. The zero-order valence-corrected chi connectivity index (χ0v) is 12.3. The van der Waals surface area contributed by atoms with E-state index in [1.165, 1.54) is 0 Å². The molecule has 1 amide bonds. The lowest BCUT2D eigenvalue weighted by atomic mass is 10.1. The molecule has 0 saturated carbocycles. The van der Waals surface area contributed by atoms with Crippen molar-refractivity contribution in [3.63, 3.8) is 0 Å². The number of amides is 1. The second kappa shape index (κ2) is 7.35. The van der Waals surface area contributed by atoms with E-state index in [1.54, 1.807) is 18.2 Å². The van der Waals surface area contributed by atoms with Crippen LogP contribution in [0.25, 0.3) is 0 Å². The van der Waals surface area contributed by atoms with Gasteiger partial charge in [0.1, 0.15) is 6.04 Å². The average molecular weight is 361 g/mol. The molecule has 0 aliphatic carbocycles. The molecule has 4 nitrogen and oxygen atoms in total. The first kappa shape index (κ1) is 14.9. The molecule has 2 N–H and O–H groups in total. The molecule has 0 aliphatic rings. The van der Waals surface area contributed by atoms with Gasteiger partial charge in [0.15, 0.2) is 0 Å². The first-order chi connectivity index (χ1) is 8.54. The van der Waals surface area contributed by atoms with Crippen LogP contribution in [0.5, 0.6) is 0 Å². The molecule has 0 bridgehead atoms. The number of carbonyl (C=O) groups excluding carboxylic acids is 1. The summed E-state index contributed by atoms with van der Waals surface area (Å²) in [4.78, 5) is 22.9. The van der Waals surface area contributed by atoms with Crippen LogP contribution in [0.1, 0.15) is 36.5 Å². The first-order valence-electron chi connectivity index (χ1n) is 5.83. The highest BCUT2D eigenvalue weighted by molar-refractivity contribution is 14.1. The Labute approximate surface area is 120 Å². The van der Waals surface area contributed by atoms with Gasteiger partial charge in [-0.25, -0.2) is 4.79 Å². The minimum absolute atomic E-state index is 0.336. The van der Waals surface area contributed by atoms with E-state index in [9.17, 15) is 9.59 Å². The molecular formula is C13H16INO3. The van der Waals surface area contributed by atoms with E-state index in [0.717, 1.165) is 16.4 Å². The SMILES string of the molecule is CCCCC(NC(=O)c1cccc(I)c1)C(=O)O. The molecule has 1 aromatic carbocycles. The number of aliphatic carboxylic acids is 1. The van der Waals surface area contributed by atoms with Crippen LogP contribution in [-0.2, 0) is 4.79 Å². The van der Waals surface area contributed by atoms with Crippen LogP contribution >= 0.6 is 22.6 Å². The monoisotopic (exact) mass is 361 g/mol. The minimum Gasteiger partial charge on any atom is -0.480 e. The van der Waals surface area contributed by atoms with E-state index in [2.05, 4.69) is 27.9 Å². The van der Waals surface area contributed by atoms with Crippen LogP contribution in [0, 0.1) is 3.57 Å². The van der Waals surface area contributed by atoms with Gasteiger partial charge in [0.25, 0.3) is 5.91 Å². The summed E-state index contributed by atoms with van der Waals surface area (Å²) in [6, 6.07) is 6.25. The number of carbonyl (C=O) groups is 2. The molecule has 0 aromatic heterocycles. The van der Waals surface area contributed by atoms with Crippen LogP contribution in [0.2, 0.25) is 0 Å². The molecule has 98 valence electrons. The van der Waals surface area contributed by atoms with Gasteiger partial charge >= 0.3 is 5.97 Å². The highest BCUT2D eigenvalue weighted by Crippen LogP contribution is 2.09. The Bertz CT molecular complexity index is 434. The number of carboxylic acid groups (broad SMARTS) is 1. The molecule has 1 unspecified atom stereocenters. The summed E-state index contributed by atoms with van der Waals surface area (Å²) in [6.45, 7) is 1.99. The van der Waals surface area contributed by atoms with Crippen LogP contribution in [0.3, 0.4) is 0 Å². The van der Waals surface area contributed by atoms with Crippen LogP contribution < -0.4 is 5.32 Å². The van der Waals surface area contributed by atoms with E-state index in [0.29, 0.717) is 12.0 Å². The predicted molar refractivity (Wildman–Crippen MR) is 77.6 cm³/mol. The lowest BCUT2D eigenvalue weighted by Crippen LogP contribution is -2.40. The molecule has 0 fully saturated rings. The Morgan fingerprint density at radius 3 is 2.72 bits per heavy atom. The standard InChI is InChI=1S/C13H16INO3/c1-2-3-7-11(13(17)18)15-12(16)9-5-4-6-10(14)8-9/h4-6,8,11H,2-3,7H2,1H3,(H,15,16)(H,17,18). The van der Waals surface area contributed by atoms with Gasteiger partial charge in [-0.05, 0) is 47.2 Å². The van der Waals surface area contributed by atoms with Gasteiger partial charge in [0, 0.05) is 9.13 Å². The maximum atomic E-state index is 11.9. The fourth-order valence-corrected chi connectivity index (χ4v) is 2.08. The average Bonchev–Trinajstić information content (AvgIpc) is 2.33. The molecule has 1 aromatic rings. The maximum Gasteiger partial charge on any atom is 0.326 e. The summed E-state index contributed by atoms with van der Waals surface area (Å²) < 4.78 is 0.945. The third-order valence-electron chi connectivity index (χ3n) is 2.54. The maximum absolute atomic E-state index is 11.9. The molecular weight excluding hydrogens is 345 g/mol.